The third kappa shape index (κ3) is 7.47. The molecule has 0 saturated carbocycles. The van der Waals surface area contributed by atoms with Crippen LogP contribution in [0.1, 0.15) is 87.2 Å². The lowest BCUT2D eigenvalue weighted by Crippen LogP contribution is -2.40. The second kappa shape index (κ2) is 12.3. The highest BCUT2D eigenvalue weighted by atomic mass is 16.1. The highest BCUT2D eigenvalue weighted by molar-refractivity contribution is 5.92. The summed E-state index contributed by atoms with van der Waals surface area (Å²) in [6, 6.07) is 10.2. The summed E-state index contributed by atoms with van der Waals surface area (Å²) < 4.78 is 2.01. The van der Waals surface area contributed by atoms with E-state index < -0.39 is 0 Å². The first-order valence-electron chi connectivity index (χ1n) is 10.2. The van der Waals surface area contributed by atoms with Gasteiger partial charge in [0.15, 0.2) is 12.7 Å². The van der Waals surface area contributed by atoms with E-state index in [4.69, 9.17) is 0 Å². The van der Waals surface area contributed by atoms with E-state index in [9.17, 15) is 4.79 Å². The number of ketones is 1. The van der Waals surface area contributed by atoms with Crippen LogP contribution in [-0.2, 0) is 6.54 Å². The van der Waals surface area contributed by atoms with Crippen molar-refractivity contribution in [2.45, 2.75) is 77.7 Å². The van der Waals surface area contributed by atoms with E-state index >= 15 is 0 Å². The summed E-state index contributed by atoms with van der Waals surface area (Å²) in [6.45, 7) is 2.96. The molecule has 2 aromatic rings. The summed E-state index contributed by atoms with van der Waals surface area (Å²) in [5.41, 5.74) is 1.91. The van der Waals surface area contributed by atoms with E-state index in [-0.39, 0.29) is 5.78 Å². The van der Waals surface area contributed by atoms with Gasteiger partial charge < -0.3 is 0 Å². The lowest BCUT2D eigenvalue weighted by Gasteiger charge is -2.04. The van der Waals surface area contributed by atoms with Crippen LogP contribution in [0.4, 0.5) is 0 Å². The molecule has 0 bridgehead atoms. The lowest BCUT2D eigenvalue weighted by molar-refractivity contribution is -0.690. The minimum atomic E-state index is 0.206. The number of nitrogens with zero attached hydrogens (tertiary/aromatic N) is 2. The molecule has 3 heteroatoms. The quantitative estimate of drug-likeness (QED) is 0.270. The summed E-state index contributed by atoms with van der Waals surface area (Å²) in [4.78, 5) is 16.8. The number of Topliss-reactive ketones (excluding diaryl/α,β-unsaturated/α-hetero) is 1. The van der Waals surface area contributed by atoms with Crippen molar-refractivity contribution in [2.24, 2.45) is 0 Å². The third-order valence-corrected chi connectivity index (χ3v) is 4.83. The normalized spacial score (nSPS) is 10.8. The first-order chi connectivity index (χ1) is 12.8. The highest BCUT2D eigenvalue weighted by Crippen LogP contribution is 2.11. The molecular formula is C23H33N2O+. The van der Waals surface area contributed by atoms with E-state index in [1.165, 1.54) is 50.5 Å². The minimum absolute atomic E-state index is 0.206. The van der Waals surface area contributed by atoms with E-state index in [0.717, 1.165) is 18.5 Å². The zero-order valence-electron chi connectivity index (χ0n) is 16.2. The zero-order valence-corrected chi connectivity index (χ0v) is 16.2. The SMILES string of the molecule is CCCCCCCCCCCC(=O)c1cncc[n+]1Cc1ccccc1. The van der Waals surface area contributed by atoms with Crippen molar-refractivity contribution in [1.29, 1.82) is 0 Å². The van der Waals surface area contributed by atoms with Crippen LogP contribution in [0.25, 0.3) is 0 Å². The number of carbonyl (C=O) groups is 1. The Balaban J connectivity index is 1.72. The maximum absolute atomic E-state index is 12.6. The molecular weight excluding hydrogens is 320 g/mol. The van der Waals surface area contributed by atoms with Gasteiger partial charge in [-0.05, 0) is 6.42 Å². The lowest BCUT2D eigenvalue weighted by atomic mass is 10.0. The van der Waals surface area contributed by atoms with Crippen LogP contribution in [0.2, 0.25) is 0 Å². The second-order valence-corrected chi connectivity index (χ2v) is 7.08. The molecule has 0 fully saturated rings. The van der Waals surface area contributed by atoms with Crippen molar-refractivity contribution in [3.8, 4) is 0 Å². The molecule has 0 amide bonds. The summed E-state index contributed by atoms with van der Waals surface area (Å²) in [6.07, 6.45) is 17.4. The van der Waals surface area contributed by atoms with Crippen molar-refractivity contribution < 1.29 is 9.36 Å². The third-order valence-electron chi connectivity index (χ3n) is 4.83. The number of aromatic nitrogens is 2. The van der Waals surface area contributed by atoms with Gasteiger partial charge in [-0.1, -0.05) is 88.6 Å². The molecule has 0 aliphatic heterocycles. The van der Waals surface area contributed by atoms with Gasteiger partial charge in [0.1, 0.15) is 6.20 Å². The average molecular weight is 354 g/mol. The Morgan fingerprint density at radius 2 is 1.58 bits per heavy atom. The molecule has 26 heavy (non-hydrogen) atoms. The standard InChI is InChI=1S/C23H33N2O/c1-2-3-4-5-6-7-8-9-13-16-23(26)22-19-24-17-18-25(22)20-21-14-11-10-12-15-21/h10-12,14-15,17-19H,2-9,13,16,20H2,1H3/q+1. The Morgan fingerprint density at radius 3 is 2.27 bits per heavy atom. The second-order valence-electron chi connectivity index (χ2n) is 7.08. The van der Waals surface area contributed by atoms with Gasteiger partial charge in [-0.3, -0.25) is 9.78 Å². The Kier molecular flexibility index (Phi) is 9.63. The Bertz CT molecular complexity index is 640. The van der Waals surface area contributed by atoms with Crippen LogP contribution in [0, 0.1) is 0 Å². The van der Waals surface area contributed by atoms with Gasteiger partial charge in [0.05, 0.1) is 6.20 Å². The van der Waals surface area contributed by atoms with Crippen LogP contribution in [0.5, 0.6) is 0 Å². The number of hydrogen-bond acceptors (Lipinski definition) is 2. The average Bonchev–Trinajstić information content (AvgIpc) is 2.68. The van der Waals surface area contributed by atoms with Gasteiger partial charge >= 0.3 is 0 Å². The van der Waals surface area contributed by atoms with Crippen molar-refractivity contribution in [1.82, 2.24) is 4.98 Å². The molecule has 0 atom stereocenters. The molecule has 0 N–H and O–H groups in total. The molecule has 0 aliphatic carbocycles. The van der Waals surface area contributed by atoms with Gasteiger partial charge in [-0.15, -0.1) is 0 Å². The fourth-order valence-electron chi connectivity index (χ4n) is 3.26. The van der Waals surface area contributed by atoms with Crippen LogP contribution < -0.4 is 4.57 Å². The summed E-state index contributed by atoms with van der Waals surface area (Å²) in [5, 5.41) is 0. The molecule has 0 spiro atoms. The number of rotatable bonds is 13. The van der Waals surface area contributed by atoms with E-state index in [2.05, 4.69) is 24.0 Å². The van der Waals surface area contributed by atoms with Crippen molar-refractivity contribution in [3.63, 3.8) is 0 Å². The van der Waals surface area contributed by atoms with E-state index in [1.54, 1.807) is 12.4 Å². The van der Waals surface area contributed by atoms with Gasteiger partial charge in [-0.25, -0.2) is 0 Å². The molecule has 2 rings (SSSR count). The van der Waals surface area contributed by atoms with Crippen molar-refractivity contribution in [3.05, 3.63) is 60.2 Å². The van der Waals surface area contributed by atoms with Crippen LogP contribution in [0.15, 0.2) is 48.9 Å². The topological polar surface area (TPSA) is 33.8 Å². The van der Waals surface area contributed by atoms with Gasteiger partial charge in [0, 0.05) is 12.0 Å². The van der Waals surface area contributed by atoms with Crippen molar-refractivity contribution >= 4 is 5.78 Å². The van der Waals surface area contributed by atoms with Gasteiger partial charge in [-0.2, -0.15) is 4.57 Å². The fourth-order valence-corrected chi connectivity index (χ4v) is 3.26. The molecule has 1 aromatic carbocycles. The fraction of sp³-hybridized carbons (Fsp3) is 0.522. The van der Waals surface area contributed by atoms with E-state index in [1.807, 2.05) is 29.0 Å². The predicted molar refractivity (Wildman–Crippen MR) is 106 cm³/mol. The first-order valence-corrected chi connectivity index (χ1v) is 10.2. The molecule has 140 valence electrons. The molecule has 1 heterocycles. The van der Waals surface area contributed by atoms with Crippen LogP contribution in [-0.4, -0.2) is 10.8 Å². The number of benzene rings is 1. The summed E-state index contributed by atoms with van der Waals surface area (Å²) >= 11 is 0. The highest BCUT2D eigenvalue weighted by Gasteiger charge is 2.18. The van der Waals surface area contributed by atoms with Crippen LogP contribution >= 0.6 is 0 Å². The maximum Gasteiger partial charge on any atom is 0.267 e. The summed E-state index contributed by atoms with van der Waals surface area (Å²) in [5.74, 6) is 0.206. The minimum Gasteiger partial charge on any atom is -0.287 e. The Morgan fingerprint density at radius 1 is 0.923 bits per heavy atom. The van der Waals surface area contributed by atoms with Gasteiger partial charge in [0.25, 0.3) is 5.69 Å². The molecule has 0 radical (unpaired) electrons. The summed E-state index contributed by atoms with van der Waals surface area (Å²) in [7, 11) is 0. The van der Waals surface area contributed by atoms with E-state index in [0.29, 0.717) is 13.0 Å². The number of unbranched alkanes of at least 4 members (excludes halogenated alkanes) is 8. The number of hydrogen-bond donors (Lipinski definition) is 0. The molecule has 0 unspecified atom stereocenters. The number of carbonyl (C=O) groups excluding carboxylic acids is 1. The zero-order chi connectivity index (χ0) is 18.5. The Hall–Kier alpha value is -2.03. The van der Waals surface area contributed by atoms with Gasteiger partial charge in [0.2, 0.25) is 5.78 Å². The molecule has 0 saturated heterocycles. The van der Waals surface area contributed by atoms with Crippen LogP contribution in [0.3, 0.4) is 0 Å². The Labute approximate surface area is 158 Å². The predicted octanol–water partition coefficient (Wildman–Crippen LogP) is 5.52. The smallest absolute Gasteiger partial charge is 0.267 e. The van der Waals surface area contributed by atoms with Crippen molar-refractivity contribution in [2.75, 3.05) is 0 Å². The largest absolute Gasteiger partial charge is 0.287 e. The molecule has 1 aromatic heterocycles. The molecule has 3 nitrogen and oxygen atoms in total. The monoisotopic (exact) mass is 353 g/mol. The first kappa shape index (κ1) is 20.3. The molecule has 0 aliphatic rings. The maximum atomic E-state index is 12.6.